The number of rotatable bonds is 9. The molecule has 0 spiro atoms. The Morgan fingerprint density at radius 2 is 1.76 bits per heavy atom. The Balaban J connectivity index is 1.82. The van der Waals surface area contributed by atoms with Crippen LogP contribution in [-0.4, -0.2) is 36.5 Å². The van der Waals surface area contributed by atoms with Crippen LogP contribution in [0.15, 0.2) is 42.5 Å². The molecular formula is C27H36N2O4. The van der Waals surface area contributed by atoms with Crippen LogP contribution >= 0.6 is 0 Å². The molecule has 0 fully saturated rings. The number of amides is 2. The number of carbonyl (C=O) groups excluding carboxylic acids is 2. The molecule has 2 aromatic carbocycles. The lowest BCUT2D eigenvalue weighted by Gasteiger charge is -2.37. The van der Waals surface area contributed by atoms with Crippen molar-refractivity contribution in [2.75, 3.05) is 19.8 Å². The van der Waals surface area contributed by atoms with E-state index in [1.165, 1.54) is 5.56 Å². The van der Waals surface area contributed by atoms with Crippen LogP contribution in [0.1, 0.15) is 69.8 Å². The Kier molecular flexibility index (Phi) is 8.37. The largest absolute Gasteiger partial charge is 0.490 e. The van der Waals surface area contributed by atoms with Crippen LogP contribution in [0.5, 0.6) is 11.5 Å². The number of hydrogen-bond donors (Lipinski definition) is 1. The molecule has 1 aliphatic rings. The summed E-state index contributed by atoms with van der Waals surface area (Å²) in [6, 6.07) is 13.5. The molecule has 2 aromatic rings. The molecule has 3 rings (SSSR count). The van der Waals surface area contributed by atoms with Crippen molar-refractivity contribution >= 4 is 11.8 Å². The quantitative estimate of drug-likeness (QED) is 0.592. The third-order valence-corrected chi connectivity index (χ3v) is 6.11. The van der Waals surface area contributed by atoms with Crippen molar-refractivity contribution in [1.82, 2.24) is 10.2 Å². The van der Waals surface area contributed by atoms with E-state index < -0.39 is 0 Å². The smallest absolute Gasteiger partial charge is 0.222 e. The second-order valence-electron chi connectivity index (χ2n) is 8.74. The first-order chi connectivity index (χ1) is 15.8. The van der Waals surface area contributed by atoms with Gasteiger partial charge in [-0.3, -0.25) is 9.59 Å². The highest BCUT2D eigenvalue weighted by atomic mass is 16.5. The number of benzene rings is 2. The molecule has 33 heavy (non-hydrogen) atoms. The minimum Gasteiger partial charge on any atom is -0.490 e. The van der Waals surface area contributed by atoms with E-state index in [1.54, 1.807) is 6.92 Å². The van der Waals surface area contributed by atoms with E-state index in [4.69, 9.17) is 9.47 Å². The number of nitrogens with zero attached hydrogens (tertiary/aromatic N) is 1. The minimum atomic E-state index is -0.250. The van der Waals surface area contributed by atoms with Gasteiger partial charge in [0.05, 0.1) is 31.7 Å². The van der Waals surface area contributed by atoms with Crippen LogP contribution < -0.4 is 14.8 Å². The summed E-state index contributed by atoms with van der Waals surface area (Å²) in [5.74, 6) is 1.47. The first-order valence-electron chi connectivity index (χ1n) is 11.9. The molecule has 6 nitrogen and oxygen atoms in total. The van der Waals surface area contributed by atoms with Crippen molar-refractivity contribution in [3.63, 3.8) is 0 Å². The van der Waals surface area contributed by atoms with Crippen LogP contribution in [0.3, 0.4) is 0 Å². The van der Waals surface area contributed by atoms with Crippen molar-refractivity contribution in [2.45, 2.75) is 59.5 Å². The zero-order valence-electron chi connectivity index (χ0n) is 20.4. The van der Waals surface area contributed by atoms with E-state index >= 15 is 0 Å². The molecular weight excluding hydrogens is 416 g/mol. The third-order valence-electron chi connectivity index (χ3n) is 6.11. The Morgan fingerprint density at radius 3 is 2.42 bits per heavy atom. The van der Waals surface area contributed by atoms with Gasteiger partial charge in [0.2, 0.25) is 11.8 Å². The Hall–Kier alpha value is -3.02. The maximum Gasteiger partial charge on any atom is 0.222 e. The molecule has 0 saturated carbocycles. The van der Waals surface area contributed by atoms with Gasteiger partial charge < -0.3 is 19.7 Å². The van der Waals surface area contributed by atoms with Gasteiger partial charge in [-0.15, -0.1) is 0 Å². The summed E-state index contributed by atoms with van der Waals surface area (Å²) in [6.45, 7) is 11.3. The zero-order chi connectivity index (χ0) is 24.0. The zero-order valence-corrected chi connectivity index (χ0v) is 20.4. The van der Waals surface area contributed by atoms with Gasteiger partial charge in [-0.05, 0) is 55.0 Å². The molecule has 2 atom stereocenters. The van der Waals surface area contributed by atoms with Crippen molar-refractivity contribution in [3.05, 3.63) is 59.2 Å². The molecule has 2 unspecified atom stereocenters. The van der Waals surface area contributed by atoms with Crippen LogP contribution in [0.2, 0.25) is 0 Å². The highest BCUT2D eigenvalue weighted by Gasteiger charge is 2.31. The van der Waals surface area contributed by atoms with Gasteiger partial charge in [0.15, 0.2) is 11.5 Å². The van der Waals surface area contributed by atoms with E-state index in [9.17, 15) is 9.59 Å². The average Bonchev–Trinajstić information content (AvgIpc) is 2.79. The van der Waals surface area contributed by atoms with E-state index in [-0.39, 0.29) is 36.2 Å². The first kappa shape index (κ1) is 24.6. The average molecular weight is 453 g/mol. The van der Waals surface area contributed by atoms with Crippen molar-refractivity contribution in [3.8, 4) is 11.5 Å². The molecule has 1 heterocycles. The Morgan fingerprint density at radius 1 is 1.06 bits per heavy atom. The molecule has 0 bridgehead atoms. The van der Waals surface area contributed by atoms with Gasteiger partial charge >= 0.3 is 0 Å². The van der Waals surface area contributed by atoms with Crippen LogP contribution in [-0.2, 0) is 16.0 Å². The summed E-state index contributed by atoms with van der Waals surface area (Å²) in [5, 5.41) is 3.22. The molecule has 0 radical (unpaired) electrons. The molecule has 0 aromatic heterocycles. The van der Waals surface area contributed by atoms with Gasteiger partial charge in [0.1, 0.15) is 0 Å². The van der Waals surface area contributed by atoms with Crippen LogP contribution in [0.25, 0.3) is 0 Å². The predicted molar refractivity (Wildman–Crippen MR) is 129 cm³/mol. The second kappa shape index (κ2) is 11.2. The van der Waals surface area contributed by atoms with Gasteiger partial charge in [0, 0.05) is 13.5 Å². The van der Waals surface area contributed by atoms with Gasteiger partial charge in [-0.25, -0.2) is 0 Å². The third kappa shape index (κ3) is 5.86. The fourth-order valence-electron chi connectivity index (χ4n) is 4.55. The number of nitrogens with one attached hydrogen (secondary N) is 1. The van der Waals surface area contributed by atoms with Crippen molar-refractivity contribution in [2.24, 2.45) is 5.92 Å². The highest BCUT2D eigenvalue weighted by Crippen LogP contribution is 2.35. The van der Waals surface area contributed by atoms with Gasteiger partial charge in [0.25, 0.3) is 0 Å². The monoisotopic (exact) mass is 452 g/mol. The van der Waals surface area contributed by atoms with Gasteiger partial charge in [-0.2, -0.15) is 0 Å². The molecule has 1 N–H and O–H groups in total. The summed E-state index contributed by atoms with van der Waals surface area (Å²) < 4.78 is 11.5. The van der Waals surface area contributed by atoms with Crippen molar-refractivity contribution in [1.29, 1.82) is 0 Å². The molecule has 2 amide bonds. The lowest BCUT2D eigenvalue weighted by molar-refractivity contribution is -0.133. The summed E-state index contributed by atoms with van der Waals surface area (Å²) in [4.78, 5) is 27.4. The maximum atomic E-state index is 13.3. The molecule has 178 valence electrons. The Labute approximate surface area is 197 Å². The van der Waals surface area contributed by atoms with E-state index in [0.29, 0.717) is 31.3 Å². The fourth-order valence-corrected chi connectivity index (χ4v) is 4.55. The Bertz CT molecular complexity index is 972. The molecule has 0 saturated heterocycles. The number of ether oxygens (including phenoxy) is 2. The normalized spacial score (nSPS) is 16.2. The number of hydrogen-bond acceptors (Lipinski definition) is 4. The summed E-state index contributed by atoms with van der Waals surface area (Å²) >= 11 is 0. The summed E-state index contributed by atoms with van der Waals surface area (Å²) in [7, 11) is 0. The van der Waals surface area contributed by atoms with Gasteiger partial charge in [-0.1, -0.05) is 44.2 Å². The number of carbonyl (C=O) groups is 2. The molecule has 1 aliphatic heterocycles. The second-order valence-corrected chi connectivity index (χ2v) is 8.74. The van der Waals surface area contributed by atoms with E-state index in [2.05, 4.69) is 25.2 Å². The lowest BCUT2D eigenvalue weighted by atomic mass is 9.90. The minimum absolute atomic E-state index is 0.00409. The number of fused-ring (bicyclic) bond motifs is 1. The molecule has 6 heteroatoms. The summed E-state index contributed by atoms with van der Waals surface area (Å²) in [6.07, 6.45) is 1.05. The van der Waals surface area contributed by atoms with E-state index in [1.807, 2.05) is 55.1 Å². The van der Waals surface area contributed by atoms with Crippen LogP contribution in [0, 0.1) is 5.92 Å². The molecule has 0 aliphatic carbocycles. The van der Waals surface area contributed by atoms with Crippen LogP contribution in [0.4, 0.5) is 0 Å². The maximum absolute atomic E-state index is 13.3. The topological polar surface area (TPSA) is 67.9 Å². The predicted octanol–water partition coefficient (Wildman–Crippen LogP) is 4.83. The lowest BCUT2D eigenvalue weighted by Crippen LogP contribution is -2.42. The van der Waals surface area contributed by atoms with Crippen molar-refractivity contribution < 1.29 is 19.1 Å². The standard InChI is InChI=1S/C27H36N2O4/c1-6-32-24-13-12-21(16-25(24)33-7-2)27(18(3)4)28-26(31)17-23-22-11-9-8-10-20(22)14-15-29(23)19(5)30/h8-13,16,18,23,27H,6-7,14-15,17H2,1-5H3,(H,28,31). The summed E-state index contributed by atoms with van der Waals surface area (Å²) in [5.41, 5.74) is 3.24. The SMILES string of the molecule is CCOc1ccc(C(NC(=O)CC2c3ccccc3CCN2C(C)=O)C(C)C)cc1OCC. The van der Waals surface area contributed by atoms with E-state index in [0.717, 1.165) is 17.5 Å². The highest BCUT2D eigenvalue weighted by molar-refractivity contribution is 5.80. The first-order valence-corrected chi connectivity index (χ1v) is 11.9. The fraction of sp³-hybridized carbons (Fsp3) is 0.481.